The zero-order valence-electron chi connectivity index (χ0n) is 9.27. The smallest absolute Gasteiger partial charge is 0.134 e. The molecule has 0 bridgehead atoms. The van der Waals surface area contributed by atoms with Crippen LogP contribution in [0.1, 0.15) is 24.3 Å². The van der Waals surface area contributed by atoms with E-state index in [1.165, 1.54) is 17.4 Å². The highest BCUT2D eigenvalue weighted by Gasteiger charge is 2.23. The van der Waals surface area contributed by atoms with Crippen molar-refractivity contribution in [1.29, 1.82) is 0 Å². The number of thioether (sulfide) groups is 1. The summed E-state index contributed by atoms with van der Waals surface area (Å²) in [5, 5.41) is 5.89. The molecule has 2 aromatic rings. The van der Waals surface area contributed by atoms with Gasteiger partial charge < -0.3 is 9.73 Å². The molecule has 0 amide bonds. The fourth-order valence-corrected chi connectivity index (χ4v) is 3.41. The van der Waals surface area contributed by atoms with Gasteiger partial charge in [-0.2, -0.15) is 0 Å². The van der Waals surface area contributed by atoms with Crippen molar-refractivity contribution in [1.82, 2.24) is 5.32 Å². The molecule has 16 heavy (non-hydrogen) atoms. The summed E-state index contributed by atoms with van der Waals surface area (Å²) in [5.74, 6) is 0. The Labute approximate surface area is 99.4 Å². The van der Waals surface area contributed by atoms with Crippen molar-refractivity contribution in [3.05, 3.63) is 36.1 Å². The van der Waals surface area contributed by atoms with Crippen LogP contribution in [-0.4, -0.2) is 11.8 Å². The molecule has 2 nitrogen and oxygen atoms in total. The van der Waals surface area contributed by atoms with Crippen LogP contribution in [0.3, 0.4) is 0 Å². The highest BCUT2D eigenvalue weighted by molar-refractivity contribution is 8.00. The fraction of sp³-hybridized carbons (Fsp3) is 0.385. The van der Waals surface area contributed by atoms with Crippen LogP contribution in [0.2, 0.25) is 0 Å². The second-order valence-electron chi connectivity index (χ2n) is 4.26. The lowest BCUT2D eigenvalue weighted by molar-refractivity contribution is 0.581. The maximum absolute atomic E-state index is 5.58. The number of furan rings is 1. The SMILES string of the molecule is CC1CCNC(c2coc3ccccc23)S1. The van der Waals surface area contributed by atoms with E-state index in [1.54, 1.807) is 0 Å². The molecule has 3 heteroatoms. The van der Waals surface area contributed by atoms with Crippen LogP contribution in [0.5, 0.6) is 0 Å². The summed E-state index contributed by atoms with van der Waals surface area (Å²) in [7, 11) is 0. The largest absolute Gasteiger partial charge is 0.464 e. The molecule has 1 aromatic carbocycles. The minimum atomic E-state index is 0.382. The van der Waals surface area contributed by atoms with Crippen LogP contribution in [0.25, 0.3) is 11.0 Å². The van der Waals surface area contributed by atoms with E-state index in [4.69, 9.17) is 4.42 Å². The Hall–Kier alpha value is -0.930. The van der Waals surface area contributed by atoms with Crippen LogP contribution in [0.15, 0.2) is 34.9 Å². The van der Waals surface area contributed by atoms with E-state index in [0.717, 1.165) is 17.4 Å². The first-order chi connectivity index (χ1) is 7.84. The molecule has 0 saturated carbocycles. The van der Waals surface area contributed by atoms with E-state index >= 15 is 0 Å². The summed E-state index contributed by atoms with van der Waals surface area (Å²) in [4.78, 5) is 0. The van der Waals surface area contributed by atoms with Crippen molar-refractivity contribution in [2.45, 2.75) is 24.0 Å². The van der Waals surface area contributed by atoms with Gasteiger partial charge in [0.1, 0.15) is 5.58 Å². The second-order valence-corrected chi connectivity index (χ2v) is 5.81. The number of hydrogen-bond donors (Lipinski definition) is 1. The normalized spacial score (nSPS) is 26.1. The Balaban J connectivity index is 1.99. The minimum absolute atomic E-state index is 0.382. The van der Waals surface area contributed by atoms with E-state index in [1.807, 2.05) is 30.2 Å². The topological polar surface area (TPSA) is 25.2 Å². The molecular formula is C13H15NOS. The molecule has 2 heterocycles. The Bertz CT molecular complexity index is 493. The van der Waals surface area contributed by atoms with Crippen LogP contribution in [-0.2, 0) is 0 Å². The van der Waals surface area contributed by atoms with Crippen LogP contribution in [0, 0.1) is 0 Å². The molecule has 0 spiro atoms. The quantitative estimate of drug-likeness (QED) is 0.815. The Morgan fingerprint density at radius 1 is 1.38 bits per heavy atom. The van der Waals surface area contributed by atoms with Crippen molar-refractivity contribution >= 4 is 22.7 Å². The van der Waals surface area contributed by atoms with Crippen LogP contribution >= 0.6 is 11.8 Å². The third-order valence-electron chi connectivity index (χ3n) is 3.04. The van der Waals surface area contributed by atoms with Crippen LogP contribution in [0.4, 0.5) is 0 Å². The second kappa shape index (κ2) is 4.15. The standard InChI is InChI=1S/C13H15NOS/c1-9-6-7-14-13(16-9)11-8-15-12-5-3-2-4-10(11)12/h2-5,8-9,13-14H,6-7H2,1H3. The van der Waals surface area contributed by atoms with Gasteiger partial charge in [0.2, 0.25) is 0 Å². The highest BCUT2D eigenvalue weighted by Crippen LogP contribution is 2.38. The number of nitrogens with one attached hydrogen (secondary N) is 1. The molecule has 1 aromatic heterocycles. The van der Waals surface area contributed by atoms with Gasteiger partial charge in [-0.1, -0.05) is 25.1 Å². The summed E-state index contributed by atoms with van der Waals surface area (Å²) in [6, 6.07) is 8.24. The van der Waals surface area contributed by atoms with Crippen molar-refractivity contribution in [3.63, 3.8) is 0 Å². The maximum Gasteiger partial charge on any atom is 0.134 e. The number of rotatable bonds is 1. The van der Waals surface area contributed by atoms with Gasteiger partial charge in [0.25, 0.3) is 0 Å². The zero-order chi connectivity index (χ0) is 11.0. The molecule has 1 N–H and O–H groups in total. The fourth-order valence-electron chi connectivity index (χ4n) is 2.15. The van der Waals surface area contributed by atoms with E-state index < -0.39 is 0 Å². The average molecular weight is 233 g/mol. The summed E-state index contributed by atoms with van der Waals surface area (Å²) < 4.78 is 5.58. The van der Waals surface area contributed by atoms with E-state index in [-0.39, 0.29) is 0 Å². The molecule has 1 saturated heterocycles. The summed E-state index contributed by atoms with van der Waals surface area (Å²) in [6.45, 7) is 3.39. The molecular weight excluding hydrogens is 218 g/mol. The first-order valence-corrected chi connectivity index (χ1v) is 6.64. The predicted molar refractivity (Wildman–Crippen MR) is 68.6 cm³/mol. The zero-order valence-corrected chi connectivity index (χ0v) is 10.1. The molecule has 2 atom stereocenters. The minimum Gasteiger partial charge on any atom is -0.464 e. The van der Waals surface area contributed by atoms with Gasteiger partial charge in [-0.25, -0.2) is 0 Å². The van der Waals surface area contributed by atoms with Crippen molar-refractivity contribution in [2.75, 3.05) is 6.54 Å². The monoisotopic (exact) mass is 233 g/mol. The molecule has 0 aliphatic carbocycles. The Morgan fingerprint density at radius 2 is 2.25 bits per heavy atom. The first kappa shape index (κ1) is 10.2. The lowest BCUT2D eigenvalue weighted by Gasteiger charge is -2.27. The van der Waals surface area contributed by atoms with Gasteiger partial charge in [-0.05, 0) is 19.0 Å². The molecule has 0 radical (unpaired) electrons. The third kappa shape index (κ3) is 1.74. The summed E-state index contributed by atoms with van der Waals surface area (Å²) in [6.07, 6.45) is 3.14. The molecule has 3 rings (SSSR count). The number of hydrogen-bond acceptors (Lipinski definition) is 3. The number of benzene rings is 1. The molecule has 1 fully saturated rings. The molecule has 1 aliphatic rings. The van der Waals surface area contributed by atoms with Gasteiger partial charge in [0, 0.05) is 16.2 Å². The number of para-hydroxylation sites is 1. The Morgan fingerprint density at radius 3 is 3.12 bits per heavy atom. The van der Waals surface area contributed by atoms with Gasteiger partial charge in [-0.15, -0.1) is 11.8 Å². The van der Waals surface area contributed by atoms with Gasteiger partial charge in [-0.3, -0.25) is 0 Å². The highest BCUT2D eigenvalue weighted by atomic mass is 32.2. The number of fused-ring (bicyclic) bond motifs is 1. The molecule has 2 unspecified atom stereocenters. The predicted octanol–water partition coefficient (Wildman–Crippen LogP) is 3.55. The van der Waals surface area contributed by atoms with Gasteiger partial charge >= 0.3 is 0 Å². The first-order valence-electron chi connectivity index (χ1n) is 5.69. The van der Waals surface area contributed by atoms with E-state index in [0.29, 0.717) is 5.37 Å². The Kier molecular flexibility index (Phi) is 2.65. The van der Waals surface area contributed by atoms with Crippen molar-refractivity contribution < 1.29 is 4.42 Å². The van der Waals surface area contributed by atoms with E-state index in [2.05, 4.69) is 24.4 Å². The van der Waals surface area contributed by atoms with Crippen molar-refractivity contribution in [2.24, 2.45) is 0 Å². The van der Waals surface area contributed by atoms with Gasteiger partial charge in [0.15, 0.2) is 0 Å². The molecule has 84 valence electrons. The van der Waals surface area contributed by atoms with Gasteiger partial charge in [0.05, 0.1) is 11.6 Å². The van der Waals surface area contributed by atoms with E-state index in [9.17, 15) is 0 Å². The average Bonchev–Trinajstić information content (AvgIpc) is 2.72. The third-order valence-corrected chi connectivity index (χ3v) is 4.44. The maximum atomic E-state index is 5.58. The van der Waals surface area contributed by atoms with Crippen LogP contribution < -0.4 is 5.32 Å². The molecule has 1 aliphatic heterocycles. The summed E-state index contributed by atoms with van der Waals surface area (Å²) >= 11 is 1.99. The lowest BCUT2D eigenvalue weighted by Crippen LogP contribution is -2.28. The summed E-state index contributed by atoms with van der Waals surface area (Å²) in [5.41, 5.74) is 2.27. The lowest BCUT2D eigenvalue weighted by atomic mass is 10.1. The van der Waals surface area contributed by atoms with Crippen molar-refractivity contribution in [3.8, 4) is 0 Å².